The van der Waals surface area contributed by atoms with Gasteiger partial charge in [-0.25, -0.2) is 0 Å². The van der Waals surface area contributed by atoms with Crippen LogP contribution in [0.4, 0.5) is 0 Å². The first-order chi connectivity index (χ1) is 9.20. The summed E-state index contributed by atoms with van der Waals surface area (Å²) >= 11 is 11.8. The van der Waals surface area contributed by atoms with Crippen molar-refractivity contribution in [3.63, 3.8) is 0 Å². The molecule has 0 aliphatic rings. The van der Waals surface area contributed by atoms with Crippen molar-refractivity contribution in [3.05, 3.63) is 52.3 Å². The van der Waals surface area contributed by atoms with Crippen molar-refractivity contribution in [3.8, 4) is 11.5 Å². The lowest BCUT2D eigenvalue weighted by Crippen LogP contribution is -2.12. The molecule has 0 bridgehead atoms. The first-order valence-electron chi connectivity index (χ1n) is 5.97. The number of nitrogens with zero attached hydrogens (tertiary/aromatic N) is 1. The fraction of sp³-hybridized carbons (Fsp3) is 0.214. The minimum Gasteiger partial charge on any atom is -0.455 e. The minimum absolute atomic E-state index is 0.469. The van der Waals surface area contributed by atoms with Gasteiger partial charge in [-0.3, -0.25) is 4.98 Å². The smallest absolute Gasteiger partial charge is 0.150 e. The van der Waals surface area contributed by atoms with Crippen LogP contribution >= 0.6 is 23.2 Å². The molecule has 5 heteroatoms. The maximum absolute atomic E-state index is 5.96. The van der Waals surface area contributed by atoms with E-state index in [1.165, 1.54) is 0 Å². The van der Waals surface area contributed by atoms with Crippen molar-refractivity contribution >= 4 is 23.2 Å². The van der Waals surface area contributed by atoms with Gasteiger partial charge < -0.3 is 10.1 Å². The van der Waals surface area contributed by atoms with E-state index >= 15 is 0 Å². The molecule has 100 valence electrons. The summed E-state index contributed by atoms with van der Waals surface area (Å²) in [5, 5.41) is 4.23. The van der Waals surface area contributed by atoms with Crippen LogP contribution in [0.2, 0.25) is 10.0 Å². The Balaban J connectivity index is 2.20. The number of halogens is 2. The van der Waals surface area contributed by atoms with Gasteiger partial charge in [0.25, 0.3) is 0 Å². The van der Waals surface area contributed by atoms with Gasteiger partial charge in [0.05, 0.1) is 16.2 Å². The summed E-state index contributed by atoms with van der Waals surface area (Å²) in [5.74, 6) is 1.35. The molecule has 0 saturated heterocycles. The standard InChI is InChI=1S/C14H14Cl2N2O/c1-2-17-8-10-5-6-18-9-14(10)19-11-3-4-12(15)13(16)7-11/h3-7,9,17H,2,8H2,1H3. The predicted octanol–water partition coefficient (Wildman–Crippen LogP) is 4.29. The van der Waals surface area contributed by atoms with Gasteiger partial charge >= 0.3 is 0 Å². The Morgan fingerprint density at radius 2 is 2.05 bits per heavy atom. The van der Waals surface area contributed by atoms with E-state index in [1.54, 1.807) is 30.6 Å². The van der Waals surface area contributed by atoms with Gasteiger partial charge in [-0.1, -0.05) is 30.1 Å². The van der Waals surface area contributed by atoms with Gasteiger partial charge in [0.1, 0.15) is 11.5 Å². The predicted molar refractivity (Wildman–Crippen MR) is 78.2 cm³/mol. The van der Waals surface area contributed by atoms with E-state index in [0.717, 1.165) is 18.7 Å². The summed E-state index contributed by atoms with van der Waals surface area (Å²) in [6.07, 6.45) is 3.43. The summed E-state index contributed by atoms with van der Waals surface area (Å²) in [7, 11) is 0. The fourth-order valence-corrected chi connectivity index (χ4v) is 1.86. The van der Waals surface area contributed by atoms with E-state index in [-0.39, 0.29) is 0 Å². The highest BCUT2D eigenvalue weighted by Gasteiger charge is 2.06. The first-order valence-corrected chi connectivity index (χ1v) is 6.73. The van der Waals surface area contributed by atoms with Gasteiger partial charge in [0, 0.05) is 24.4 Å². The number of hydrogen-bond acceptors (Lipinski definition) is 3. The van der Waals surface area contributed by atoms with Crippen molar-refractivity contribution in [1.82, 2.24) is 10.3 Å². The van der Waals surface area contributed by atoms with Crippen LogP contribution in [-0.2, 0) is 6.54 Å². The molecule has 1 N–H and O–H groups in total. The fourth-order valence-electron chi connectivity index (χ4n) is 1.57. The van der Waals surface area contributed by atoms with Crippen LogP contribution in [0.25, 0.3) is 0 Å². The van der Waals surface area contributed by atoms with Crippen LogP contribution in [0.15, 0.2) is 36.7 Å². The van der Waals surface area contributed by atoms with Gasteiger partial charge in [0.2, 0.25) is 0 Å². The van der Waals surface area contributed by atoms with E-state index in [1.807, 2.05) is 6.07 Å². The third-order valence-electron chi connectivity index (χ3n) is 2.55. The highest BCUT2D eigenvalue weighted by atomic mass is 35.5. The maximum Gasteiger partial charge on any atom is 0.150 e. The topological polar surface area (TPSA) is 34.2 Å². The Kier molecular flexibility index (Phi) is 5.02. The second-order valence-electron chi connectivity index (χ2n) is 3.94. The SMILES string of the molecule is CCNCc1ccncc1Oc1ccc(Cl)c(Cl)c1. The van der Waals surface area contributed by atoms with E-state index in [2.05, 4.69) is 17.2 Å². The largest absolute Gasteiger partial charge is 0.455 e. The highest BCUT2D eigenvalue weighted by Crippen LogP contribution is 2.30. The van der Waals surface area contributed by atoms with Crippen LogP contribution in [0.3, 0.4) is 0 Å². The molecule has 0 amide bonds. The number of rotatable bonds is 5. The molecule has 1 heterocycles. The molecule has 0 fully saturated rings. The number of ether oxygens (including phenoxy) is 1. The third kappa shape index (κ3) is 3.83. The van der Waals surface area contributed by atoms with Gasteiger partial charge in [-0.15, -0.1) is 0 Å². The molecule has 1 aromatic heterocycles. The summed E-state index contributed by atoms with van der Waals surface area (Å²) in [6.45, 7) is 3.69. The minimum atomic E-state index is 0.469. The first kappa shape index (κ1) is 14.1. The van der Waals surface area contributed by atoms with E-state index in [0.29, 0.717) is 21.5 Å². The van der Waals surface area contributed by atoms with Crippen molar-refractivity contribution in [1.29, 1.82) is 0 Å². The summed E-state index contributed by atoms with van der Waals surface area (Å²) in [5.41, 5.74) is 1.04. The van der Waals surface area contributed by atoms with Crippen LogP contribution in [0.5, 0.6) is 11.5 Å². The van der Waals surface area contributed by atoms with Gasteiger partial charge in [0.15, 0.2) is 0 Å². The van der Waals surface area contributed by atoms with Gasteiger partial charge in [-0.2, -0.15) is 0 Å². The maximum atomic E-state index is 5.96. The molecule has 0 saturated carbocycles. The molecule has 0 aliphatic carbocycles. The summed E-state index contributed by atoms with van der Waals surface area (Å²) in [4.78, 5) is 4.08. The number of pyridine rings is 1. The Bertz CT molecular complexity index is 561. The van der Waals surface area contributed by atoms with Crippen molar-refractivity contribution < 1.29 is 4.74 Å². The average Bonchev–Trinajstić information content (AvgIpc) is 2.42. The molecular weight excluding hydrogens is 283 g/mol. The zero-order valence-electron chi connectivity index (χ0n) is 10.5. The van der Waals surface area contributed by atoms with Crippen LogP contribution < -0.4 is 10.1 Å². The van der Waals surface area contributed by atoms with E-state index < -0.39 is 0 Å². The van der Waals surface area contributed by atoms with Crippen molar-refractivity contribution in [2.24, 2.45) is 0 Å². The lowest BCUT2D eigenvalue weighted by Gasteiger charge is -2.11. The third-order valence-corrected chi connectivity index (χ3v) is 3.29. The average molecular weight is 297 g/mol. The van der Waals surface area contributed by atoms with Crippen LogP contribution in [0.1, 0.15) is 12.5 Å². The number of hydrogen-bond donors (Lipinski definition) is 1. The summed E-state index contributed by atoms with van der Waals surface area (Å²) in [6, 6.07) is 7.10. The molecule has 0 aliphatic heterocycles. The Morgan fingerprint density at radius 3 is 2.79 bits per heavy atom. The molecule has 0 unspecified atom stereocenters. The highest BCUT2D eigenvalue weighted by molar-refractivity contribution is 6.42. The second-order valence-corrected chi connectivity index (χ2v) is 4.76. The van der Waals surface area contributed by atoms with Crippen LogP contribution in [0, 0.1) is 0 Å². The zero-order chi connectivity index (χ0) is 13.7. The molecule has 0 atom stereocenters. The molecule has 1 aromatic carbocycles. The lowest BCUT2D eigenvalue weighted by molar-refractivity contribution is 0.471. The molecule has 19 heavy (non-hydrogen) atoms. The molecule has 2 aromatic rings. The Morgan fingerprint density at radius 1 is 1.21 bits per heavy atom. The Labute approximate surface area is 122 Å². The normalized spacial score (nSPS) is 10.5. The molecular formula is C14H14Cl2N2O. The summed E-state index contributed by atoms with van der Waals surface area (Å²) < 4.78 is 5.80. The number of benzene rings is 1. The number of aromatic nitrogens is 1. The molecule has 0 spiro atoms. The van der Waals surface area contributed by atoms with E-state index in [4.69, 9.17) is 27.9 Å². The van der Waals surface area contributed by atoms with Gasteiger partial charge in [-0.05, 0) is 24.7 Å². The number of nitrogens with one attached hydrogen (secondary N) is 1. The zero-order valence-corrected chi connectivity index (χ0v) is 12.0. The second kappa shape index (κ2) is 6.75. The van der Waals surface area contributed by atoms with E-state index in [9.17, 15) is 0 Å². The lowest BCUT2D eigenvalue weighted by atomic mass is 10.2. The van der Waals surface area contributed by atoms with Crippen molar-refractivity contribution in [2.75, 3.05) is 6.54 Å². The molecule has 0 radical (unpaired) electrons. The van der Waals surface area contributed by atoms with Crippen molar-refractivity contribution in [2.45, 2.75) is 13.5 Å². The van der Waals surface area contributed by atoms with Crippen LogP contribution in [-0.4, -0.2) is 11.5 Å². The monoisotopic (exact) mass is 296 g/mol. The Hall–Kier alpha value is -1.29. The molecule has 3 nitrogen and oxygen atoms in total. The quantitative estimate of drug-likeness (QED) is 0.894. The molecule has 2 rings (SSSR count).